The zero-order valence-corrected chi connectivity index (χ0v) is 35.8. The van der Waals surface area contributed by atoms with Crippen LogP contribution in [0.5, 0.6) is 11.5 Å². The molecule has 0 saturated carbocycles. The topological polar surface area (TPSA) is 181 Å². The molecule has 0 N–H and O–H groups in total. The van der Waals surface area contributed by atoms with Gasteiger partial charge in [0.25, 0.3) is 0 Å². The van der Waals surface area contributed by atoms with Gasteiger partial charge in [-0.2, -0.15) is 0 Å². The Balaban J connectivity index is 0.883. The van der Waals surface area contributed by atoms with Crippen LogP contribution in [0.2, 0.25) is 0 Å². The molecule has 3 aromatic carbocycles. The number of nitrogens with zero attached hydrogens (tertiary/aromatic N) is 2. The lowest BCUT2D eigenvalue weighted by Gasteiger charge is -2.40. The predicted molar refractivity (Wildman–Crippen MR) is 230 cm³/mol. The van der Waals surface area contributed by atoms with Crippen LogP contribution in [0.15, 0.2) is 115 Å². The highest BCUT2D eigenvalue weighted by atomic mass is 16.8. The highest BCUT2D eigenvalue weighted by molar-refractivity contribution is 6.29. The number of ether oxygens (including phenoxy) is 11. The normalized spacial score (nSPS) is 26.5. The number of benzene rings is 3. The molecule has 340 valence electrons. The molecule has 0 bridgehead atoms. The van der Waals surface area contributed by atoms with E-state index in [1.165, 1.54) is 0 Å². The second-order valence-corrected chi connectivity index (χ2v) is 16.7. The number of allylic oxidation sites excluding steroid dienone is 6. The van der Waals surface area contributed by atoms with E-state index in [9.17, 15) is 14.7 Å². The van der Waals surface area contributed by atoms with Crippen LogP contribution in [-0.2, 0) is 52.2 Å². The molecule has 7 unspecified atom stereocenters. The first-order chi connectivity index (χ1) is 31.7. The number of rotatable bonds is 24. The number of hydrogen-bond acceptors (Lipinski definition) is 15. The Morgan fingerprint density at radius 1 is 0.754 bits per heavy atom. The van der Waals surface area contributed by atoms with E-state index in [1.807, 2.05) is 70.2 Å². The molecule has 10 rings (SSSR count). The maximum atomic E-state index is 13.9. The van der Waals surface area contributed by atoms with Crippen molar-refractivity contribution >= 4 is 40.1 Å². The van der Waals surface area contributed by atoms with Gasteiger partial charge in [-0.3, -0.25) is 14.3 Å². The Hall–Kier alpha value is -5.53. The first kappa shape index (κ1) is 43.4. The maximum absolute atomic E-state index is 13.9. The number of carbonyl (C=O) groups is 2. The summed E-state index contributed by atoms with van der Waals surface area (Å²) in [7, 11) is 0. The number of anilines is 2. The van der Waals surface area contributed by atoms with Gasteiger partial charge in [-0.05, 0) is 61.0 Å². The lowest BCUT2D eigenvalue weighted by molar-refractivity contribution is -0.605. The van der Waals surface area contributed by atoms with Gasteiger partial charge in [-0.25, -0.2) is 4.79 Å². The van der Waals surface area contributed by atoms with Crippen LogP contribution in [0.1, 0.15) is 12.5 Å². The van der Waals surface area contributed by atoms with Crippen molar-refractivity contribution in [3.8, 4) is 11.5 Å². The van der Waals surface area contributed by atoms with Gasteiger partial charge in [0, 0.05) is 58.6 Å². The summed E-state index contributed by atoms with van der Waals surface area (Å²) in [6.45, 7) is 10.0. The van der Waals surface area contributed by atoms with E-state index in [0.29, 0.717) is 87.9 Å². The lowest BCUT2D eigenvalue weighted by Crippen LogP contribution is -2.41. The second-order valence-electron chi connectivity index (χ2n) is 16.7. The number of ketones is 1. The molecule has 0 spiro atoms. The lowest BCUT2D eigenvalue weighted by atomic mass is 9.71. The highest BCUT2D eigenvalue weighted by Gasteiger charge is 2.40. The molecule has 65 heavy (non-hydrogen) atoms. The minimum atomic E-state index is -0.881. The summed E-state index contributed by atoms with van der Waals surface area (Å²) in [6, 6.07) is 22.0. The number of Topliss-reactive ketones (excluding diaryl/α,β-unsaturated/α-hetero) is 1. The second kappa shape index (κ2) is 19.1. The van der Waals surface area contributed by atoms with Crippen LogP contribution in [-0.4, -0.2) is 131 Å². The van der Waals surface area contributed by atoms with E-state index in [-0.39, 0.29) is 60.0 Å². The van der Waals surface area contributed by atoms with Gasteiger partial charge in [0.2, 0.25) is 11.4 Å². The molecule has 5 aliphatic heterocycles. The molecule has 16 heteroatoms. The van der Waals surface area contributed by atoms with E-state index in [0.717, 1.165) is 11.4 Å². The van der Waals surface area contributed by atoms with E-state index in [1.54, 1.807) is 43.3 Å². The minimum Gasteiger partial charge on any atom is -0.874 e. The Morgan fingerprint density at radius 3 is 1.83 bits per heavy atom. The fraction of sp³-hybridized carbons (Fsp3) is 0.408. The summed E-state index contributed by atoms with van der Waals surface area (Å²) in [5, 5.41) is 13.9. The van der Waals surface area contributed by atoms with Crippen molar-refractivity contribution in [3.63, 3.8) is 0 Å². The molecular weight excluding hydrogens is 841 g/mol. The zero-order valence-electron chi connectivity index (χ0n) is 35.8. The van der Waals surface area contributed by atoms with Crippen molar-refractivity contribution in [3.05, 3.63) is 121 Å². The molecule has 5 heterocycles. The van der Waals surface area contributed by atoms with Gasteiger partial charge < -0.3 is 52.6 Å². The number of hydrogen-bond donors (Lipinski definition) is 0. The van der Waals surface area contributed by atoms with Gasteiger partial charge in [0.1, 0.15) is 49.1 Å². The molecule has 0 aromatic heterocycles. The fourth-order valence-corrected chi connectivity index (χ4v) is 7.43. The van der Waals surface area contributed by atoms with Crippen LogP contribution < -0.4 is 19.5 Å². The van der Waals surface area contributed by atoms with Crippen LogP contribution in [0, 0.1) is 11.8 Å². The first-order valence-corrected chi connectivity index (χ1v) is 21.9. The van der Waals surface area contributed by atoms with Gasteiger partial charge in [0.05, 0.1) is 52.9 Å². The zero-order chi connectivity index (χ0) is 44.4. The summed E-state index contributed by atoms with van der Waals surface area (Å²) >= 11 is 0. The number of epoxide rings is 5. The summed E-state index contributed by atoms with van der Waals surface area (Å²) < 4.78 is 65.0. The van der Waals surface area contributed by atoms with Crippen molar-refractivity contribution in [2.24, 2.45) is 11.8 Å². The monoisotopic (exact) mass is 890 g/mol. The van der Waals surface area contributed by atoms with E-state index in [2.05, 4.69) is 6.58 Å². The van der Waals surface area contributed by atoms with Crippen LogP contribution in [0.3, 0.4) is 0 Å². The Morgan fingerprint density at radius 2 is 1.29 bits per heavy atom. The molecule has 2 aliphatic carbocycles. The fourth-order valence-electron chi connectivity index (χ4n) is 7.43. The molecule has 0 radical (unpaired) electrons. The van der Waals surface area contributed by atoms with Crippen molar-refractivity contribution in [2.45, 2.75) is 50.3 Å². The molecule has 7 atom stereocenters. The Kier molecular flexibility index (Phi) is 12.8. The largest absolute Gasteiger partial charge is 0.874 e. The van der Waals surface area contributed by atoms with Gasteiger partial charge in [-0.1, -0.05) is 30.9 Å². The average Bonchev–Trinajstić information content (AvgIpc) is 4.09. The van der Waals surface area contributed by atoms with Crippen molar-refractivity contribution in [1.29, 1.82) is 0 Å². The molecule has 3 aromatic rings. The molecule has 16 nitrogen and oxygen atoms in total. The Labute approximate surface area is 375 Å². The molecule has 5 saturated heterocycles. The molecular formula is C49H50N2O14. The van der Waals surface area contributed by atoms with Crippen molar-refractivity contribution in [2.75, 3.05) is 71.0 Å². The number of esters is 1. The minimum absolute atomic E-state index is 0.0235. The highest BCUT2D eigenvalue weighted by Crippen LogP contribution is 2.42. The number of carbonyl (C=O) groups excluding carboxylic acids is 2. The van der Waals surface area contributed by atoms with Gasteiger partial charge in [-0.15, -0.1) is 10.3 Å². The maximum Gasteiger partial charge on any atom is 0.382 e. The standard InChI is InChI=1S/C49H50N2O14/c1-29(2)48(54)65-37-17-13-35(14-18-37)51(49(63-25-40-22-58-40)64-26-41-23-59-41)34-9-5-31(6-10-34)45-46(52)44(47(45)53)30-3-7-32(8-4-30)50(33-11-15-36(16-12-33)55-19-38-20-56-38)42(27-61-43-28-62-43)60-24-39-21-57-39/h3-18,31,38-43,45,49H,1,19-28H2,2H3. The van der Waals surface area contributed by atoms with Crippen LogP contribution >= 0.6 is 0 Å². The average molecular weight is 891 g/mol. The molecule has 7 aliphatic rings. The van der Waals surface area contributed by atoms with E-state index < -0.39 is 30.4 Å². The predicted octanol–water partition coefficient (Wildman–Crippen LogP) is 4.11. The third-order valence-electron chi connectivity index (χ3n) is 11.5. The Bertz CT molecular complexity index is 2310. The van der Waals surface area contributed by atoms with E-state index in [4.69, 9.17) is 52.1 Å². The van der Waals surface area contributed by atoms with Crippen LogP contribution in [0.25, 0.3) is 5.57 Å². The summed E-state index contributed by atoms with van der Waals surface area (Å²) in [4.78, 5) is 28.1. The summed E-state index contributed by atoms with van der Waals surface area (Å²) in [5.41, 5.74) is 3.94. The third-order valence-corrected chi connectivity index (χ3v) is 11.5. The summed E-state index contributed by atoms with van der Waals surface area (Å²) in [5.74, 6) is -1.27. The SMILES string of the molecule is C=C(C)C(=O)Oc1ccc([N+](=C2C=CC(C3C(=O)C(c4ccc(N(c5ccc(OCC6CO6)cc5)C(COC5CO5)OCC5CO5)cc4)=C3[O-])C=C2)C(OCC2CO2)OCC2CO2)cc1. The van der Waals surface area contributed by atoms with Gasteiger partial charge in [0.15, 0.2) is 18.3 Å². The smallest absolute Gasteiger partial charge is 0.382 e. The van der Waals surface area contributed by atoms with Crippen LogP contribution in [0.4, 0.5) is 17.1 Å². The molecule has 0 amide bonds. The third kappa shape index (κ3) is 11.0. The van der Waals surface area contributed by atoms with E-state index >= 15 is 0 Å². The first-order valence-electron chi connectivity index (χ1n) is 21.9. The quantitative estimate of drug-likeness (QED) is 0.0313. The van der Waals surface area contributed by atoms with Gasteiger partial charge >= 0.3 is 12.4 Å². The molecule has 5 fully saturated rings. The summed E-state index contributed by atoms with van der Waals surface area (Å²) in [6.07, 6.45) is 5.81. The van der Waals surface area contributed by atoms with Crippen molar-refractivity contribution < 1.29 is 71.4 Å². The van der Waals surface area contributed by atoms with Crippen molar-refractivity contribution in [1.82, 2.24) is 0 Å².